The molecule has 2 amide bonds. The molecule has 2 aromatic heterocycles. The number of hydrogen-bond donors (Lipinski definition) is 3. The summed E-state index contributed by atoms with van der Waals surface area (Å²) in [5.41, 5.74) is 8.77. The molecule has 3 aliphatic rings. The van der Waals surface area contributed by atoms with Crippen LogP contribution < -0.4 is 25.8 Å². The number of nitrogens with one attached hydrogen (secondary N) is 2. The number of likely N-dealkylation sites (tertiary alicyclic amines) is 1. The van der Waals surface area contributed by atoms with Gasteiger partial charge in [-0.25, -0.2) is 19.4 Å². The summed E-state index contributed by atoms with van der Waals surface area (Å²) in [4.78, 5) is 26.2. The van der Waals surface area contributed by atoms with Gasteiger partial charge in [-0.3, -0.25) is 0 Å². The zero-order chi connectivity index (χ0) is 27.1. The van der Waals surface area contributed by atoms with E-state index >= 15 is 0 Å². The number of anilines is 2. The topological polar surface area (TPSA) is 136 Å². The molecule has 0 unspecified atom stereocenters. The van der Waals surface area contributed by atoms with Gasteiger partial charge in [-0.05, 0) is 78.3 Å². The van der Waals surface area contributed by atoms with Crippen molar-refractivity contribution in [3.8, 4) is 22.8 Å². The summed E-state index contributed by atoms with van der Waals surface area (Å²) in [6.45, 7) is 5.78. The summed E-state index contributed by atoms with van der Waals surface area (Å²) in [6, 6.07) is 4.06. The third-order valence-electron chi connectivity index (χ3n) is 8.37. The Morgan fingerprint density at radius 2 is 1.92 bits per heavy atom. The number of ether oxygens (including phenoxy) is 2. The van der Waals surface area contributed by atoms with Gasteiger partial charge in [0.2, 0.25) is 6.79 Å². The van der Waals surface area contributed by atoms with E-state index in [1.54, 1.807) is 0 Å². The summed E-state index contributed by atoms with van der Waals surface area (Å²) in [5, 5.41) is 11.6. The van der Waals surface area contributed by atoms with Crippen LogP contribution in [0.4, 0.5) is 16.3 Å². The van der Waals surface area contributed by atoms with E-state index in [-0.39, 0.29) is 18.4 Å². The van der Waals surface area contributed by atoms with Crippen LogP contribution in [-0.4, -0.2) is 87.7 Å². The molecule has 0 radical (unpaired) electrons. The van der Waals surface area contributed by atoms with Gasteiger partial charge < -0.3 is 35.6 Å². The number of piperidine rings is 1. The number of hydrogen-bond acceptors (Lipinski definition) is 9. The van der Waals surface area contributed by atoms with E-state index in [9.17, 15) is 4.79 Å². The Kier molecular flexibility index (Phi) is 6.67. The second-order valence-electron chi connectivity index (χ2n) is 11.3. The van der Waals surface area contributed by atoms with Crippen LogP contribution in [0.5, 0.6) is 11.5 Å². The molecule has 3 aromatic rings. The van der Waals surface area contributed by atoms with Crippen molar-refractivity contribution < 1.29 is 14.3 Å². The van der Waals surface area contributed by atoms with Gasteiger partial charge in [0.15, 0.2) is 17.1 Å². The quantitative estimate of drug-likeness (QED) is 0.417. The first-order chi connectivity index (χ1) is 18.8. The van der Waals surface area contributed by atoms with Crippen LogP contribution in [0.1, 0.15) is 39.0 Å². The highest BCUT2D eigenvalue weighted by molar-refractivity contribution is 6.01. The number of benzene rings is 1. The van der Waals surface area contributed by atoms with Gasteiger partial charge in [0, 0.05) is 23.7 Å². The second-order valence-corrected chi connectivity index (χ2v) is 11.3. The average Bonchev–Trinajstić information content (AvgIpc) is 3.53. The van der Waals surface area contributed by atoms with Crippen LogP contribution in [0, 0.1) is 0 Å². The number of rotatable bonds is 7. The Morgan fingerprint density at radius 3 is 2.64 bits per heavy atom. The Morgan fingerprint density at radius 1 is 1.15 bits per heavy atom. The summed E-state index contributed by atoms with van der Waals surface area (Å²) in [7, 11) is 4.31. The fourth-order valence-corrected chi connectivity index (χ4v) is 5.81. The monoisotopic (exact) mass is 535 g/mol. The molecule has 208 valence electrons. The van der Waals surface area contributed by atoms with Gasteiger partial charge in [-0.1, -0.05) is 0 Å². The molecule has 1 saturated carbocycles. The van der Waals surface area contributed by atoms with Crippen LogP contribution in [0.3, 0.4) is 0 Å². The van der Waals surface area contributed by atoms with E-state index in [1.165, 1.54) is 6.33 Å². The molecule has 0 bridgehead atoms. The second kappa shape index (κ2) is 10.2. The molecule has 0 atom stereocenters. The van der Waals surface area contributed by atoms with Crippen molar-refractivity contribution in [2.45, 2.75) is 57.2 Å². The number of carbonyl (C=O) groups is 1. The highest BCUT2D eigenvalue weighted by Gasteiger charge is 2.34. The molecule has 1 aliphatic carbocycles. The van der Waals surface area contributed by atoms with Crippen molar-refractivity contribution in [3.63, 3.8) is 0 Å². The first-order valence-electron chi connectivity index (χ1n) is 13.7. The van der Waals surface area contributed by atoms with Crippen LogP contribution in [0.25, 0.3) is 22.3 Å². The molecule has 2 aliphatic heterocycles. The number of nitrogens with zero attached hydrogens (tertiary/aromatic N) is 6. The van der Waals surface area contributed by atoms with Gasteiger partial charge >= 0.3 is 6.03 Å². The summed E-state index contributed by atoms with van der Waals surface area (Å²) in [5.74, 6) is 1.35. The fraction of sp³-hybridized carbons (Fsp3) is 0.556. The number of nitrogen functional groups attached to an aromatic ring is 1. The third-order valence-corrected chi connectivity index (χ3v) is 8.37. The number of fused-ring (bicyclic) bond motifs is 2. The number of amides is 2. The smallest absolute Gasteiger partial charge is 0.319 e. The standard InChI is InChI=1S/C27H37N9O3/c1-27(9-4-10-27)32-26(37)31-19-6-5-18(22-23(19)39-16-38-22)21-20-24(28)29-15-30-25(20)36(33-21)14-13-35-11-7-17(8-12-35)34(2)3/h5-6,15,17H,4,7-14,16H2,1-3H3,(H2,28,29,30)(H2,31,32,37). The summed E-state index contributed by atoms with van der Waals surface area (Å²) in [6.07, 6.45) is 6.87. The van der Waals surface area contributed by atoms with Crippen molar-refractivity contribution in [2.24, 2.45) is 0 Å². The van der Waals surface area contributed by atoms with Gasteiger partial charge in [0.05, 0.1) is 17.6 Å². The predicted molar refractivity (Wildman–Crippen MR) is 149 cm³/mol. The van der Waals surface area contributed by atoms with Crippen LogP contribution in [0.2, 0.25) is 0 Å². The van der Waals surface area contributed by atoms with Crippen molar-refractivity contribution in [1.82, 2.24) is 34.9 Å². The van der Waals surface area contributed by atoms with E-state index in [0.29, 0.717) is 52.3 Å². The highest BCUT2D eigenvalue weighted by atomic mass is 16.7. The Labute approximate surface area is 227 Å². The zero-order valence-electron chi connectivity index (χ0n) is 22.9. The number of aromatic nitrogens is 4. The number of carbonyl (C=O) groups excluding carboxylic acids is 1. The maximum Gasteiger partial charge on any atom is 0.319 e. The molecule has 1 saturated heterocycles. The normalized spacial score (nSPS) is 18.9. The van der Waals surface area contributed by atoms with E-state index in [4.69, 9.17) is 20.3 Å². The predicted octanol–water partition coefficient (Wildman–Crippen LogP) is 2.89. The lowest BCUT2D eigenvalue weighted by Crippen LogP contribution is -2.52. The van der Waals surface area contributed by atoms with E-state index < -0.39 is 0 Å². The maximum absolute atomic E-state index is 12.7. The lowest BCUT2D eigenvalue weighted by molar-refractivity contribution is 0.141. The van der Waals surface area contributed by atoms with Gasteiger partial charge in [-0.2, -0.15) is 5.10 Å². The van der Waals surface area contributed by atoms with E-state index in [2.05, 4.69) is 51.4 Å². The Hall–Kier alpha value is -3.64. The van der Waals surface area contributed by atoms with Crippen molar-refractivity contribution in [2.75, 3.05) is 51.6 Å². The van der Waals surface area contributed by atoms with Gasteiger partial charge in [0.1, 0.15) is 17.8 Å². The SMILES string of the molecule is CN(C)C1CCN(CCn2nc(-c3ccc(NC(=O)NC4(C)CCC4)c4c3OCO4)c3c(N)ncnc32)CC1. The molecule has 1 aromatic carbocycles. The minimum absolute atomic E-state index is 0.0495. The zero-order valence-corrected chi connectivity index (χ0v) is 22.9. The largest absolute Gasteiger partial charge is 0.453 e. The van der Waals surface area contributed by atoms with Gasteiger partial charge in [-0.15, -0.1) is 0 Å². The molecule has 12 heteroatoms. The lowest BCUT2D eigenvalue weighted by Gasteiger charge is -2.39. The third kappa shape index (κ3) is 4.94. The molecule has 6 rings (SSSR count). The molecule has 2 fully saturated rings. The van der Waals surface area contributed by atoms with Crippen LogP contribution in [0.15, 0.2) is 18.5 Å². The molecular weight excluding hydrogens is 498 g/mol. The molecule has 4 heterocycles. The molecule has 39 heavy (non-hydrogen) atoms. The first-order valence-corrected chi connectivity index (χ1v) is 13.7. The molecule has 12 nitrogen and oxygen atoms in total. The average molecular weight is 536 g/mol. The minimum Gasteiger partial charge on any atom is -0.453 e. The minimum atomic E-state index is -0.260. The van der Waals surface area contributed by atoms with Crippen molar-refractivity contribution in [1.29, 1.82) is 0 Å². The van der Waals surface area contributed by atoms with Crippen LogP contribution >= 0.6 is 0 Å². The maximum atomic E-state index is 12.7. The Bertz CT molecular complexity index is 1380. The number of nitrogens with two attached hydrogens (primary N) is 1. The molecule has 4 N–H and O–H groups in total. The van der Waals surface area contributed by atoms with Gasteiger partial charge in [0.25, 0.3) is 0 Å². The van der Waals surface area contributed by atoms with Crippen molar-refractivity contribution >= 4 is 28.6 Å². The lowest BCUT2D eigenvalue weighted by atomic mass is 9.79. The van der Waals surface area contributed by atoms with E-state index in [0.717, 1.165) is 57.3 Å². The highest BCUT2D eigenvalue weighted by Crippen LogP contribution is 2.47. The molecule has 0 spiro atoms. The number of urea groups is 1. The summed E-state index contributed by atoms with van der Waals surface area (Å²) >= 11 is 0. The first kappa shape index (κ1) is 25.6. The Balaban J connectivity index is 1.26. The van der Waals surface area contributed by atoms with Crippen LogP contribution in [-0.2, 0) is 6.54 Å². The van der Waals surface area contributed by atoms with E-state index in [1.807, 2.05) is 16.8 Å². The van der Waals surface area contributed by atoms with Crippen molar-refractivity contribution in [3.05, 3.63) is 18.5 Å². The molecular formula is C27H37N9O3. The summed E-state index contributed by atoms with van der Waals surface area (Å²) < 4.78 is 13.6. The fourth-order valence-electron chi connectivity index (χ4n) is 5.81.